The summed E-state index contributed by atoms with van der Waals surface area (Å²) >= 11 is 0. The Bertz CT molecular complexity index is 1220. The van der Waals surface area contributed by atoms with Gasteiger partial charge in [0.2, 0.25) is 0 Å². The van der Waals surface area contributed by atoms with Gasteiger partial charge in [-0.05, 0) is 47.9 Å². The number of methoxy groups -OCH3 is 1. The average molecular weight is 405 g/mol. The molecule has 0 atom stereocenters. The summed E-state index contributed by atoms with van der Waals surface area (Å²) in [5.74, 6) is 1.01. The minimum absolute atomic E-state index is 0.303. The van der Waals surface area contributed by atoms with Gasteiger partial charge < -0.3 is 9.72 Å². The number of H-pyrrole nitrogens is 2. The van der Waals surface area contributed by atoms with E-state index in [0.717, 1.165) is 41.8 Å². The molecule has 0 bridgehead atoms. The predicted octanol–water partition coefficient (Wildman–Crippen LogP) is 3.18. The molecule has 2 N–H and O–H groups in total. The minimum atomic E-state index is -0.303. The first-order chi connectivity index (χ1) is 14.7. The number of hydrogen-bond acceptors (Lipinski definition) is 6. The zero-order chi connectivity index (χ0) is 20.5. The first-order valence-corrected chi connectivity index (χ1v) is 9.67. The van der Waals surface area contributed by atoms with E-state index in [9.17, 15) is 4.39 Å². The molecule has 152 valence electrons. The lowest BCUT2D eigenvalue weighted by molar-refractivity contribution is 0.286. The summed E-state index contributed by atoms with van der Waals surface area (Å²) in [5.41, 5.74) is 4.62. The highest BCUT2D eigenvalue weighted by Gasteiger charge is 2.18. The van der Waals surface area contributed by atoms with Gasteiger partial charge in [-0.25, -0.2) is 9.37 Å². The smallest absolute Gasteiger partial charge is 0.188 e. The molecule has 0 fully saturated rings. The second-order valence-electron chi connectivity index (χ2n) is 7.19. The minimum Gasteiger partial charge on any atom is -0.496 e. The molecule has 0 aliphatic carbocycles. The molecule has 0 radical (unpaired) electrons. The molecule has 1 aliphatic rings. The van der Waals surface area contributed by atoms with Gasteiger partial charge in [-0.1, -0.05) is 11.3 Å². The lowest BCUT2D eigenvalue weighted by Gasteiger charge is -2.24. The molecule has 0 saturated heterocycles. The number of nitrogens with one attached hydrogen (secondary N) is 2. The van der Waals surface area contributed by atoms with Crippen molar-refractivity contribution in [3.8, 4) is 16.9 Å². The zero-order valence-electron chi connectivity index (χ0n) is 16.4. The van der Waals surface area contributed by atoms with Crippen molar-refractivity contribution in [1.82, 2.24) is 35.5 Å². The maximum atomic E-state index is 13.9. The van der Waals surface area contributed by atoms with Crippen molar-refractivity contribution in [2.45, 2.75) is 13.0 Å². The Morgan fingerprint density at radius 3 is 2.90 bits per heavy atom. The molecular weight excluding hydrogens is 385 g/mol. The van der Waals surface area contributed by atoms with Crippen LogP contribution >= 0.6 is 0 Å². The van der Waals surface area contributed by atoms with E-state index in [1.54, 1.807) is 19.4 Å². The molecule has 0 spiro atoms. The molecule has 1 aliphatic heterocycles. The third-order valence-electron chi connectivity index (χ3n) is 5.38. The lowest BCUT2D eigenvalue weighted by atomic mass is 10.0. The number of aromatic amines is 2. The van der Waals surface area contributed by atoms with Crippen molar-refractivity contribution in [2.75, 3.05) is 20.2 Å². The van der Waals surface area contributed by atoms with Crippen molar-refractivity contribution in [1.29, 1.82) is 0 Å². The van der Waals surface area contributed by atoms with E-state index in [2.05, 4.69) is 47.6 Å². The van der Waals surface area contributed by atoms with E-state index in [1.165, 1.54) is 17.7 Å². The SMILES string of the molecule is COc1ccc(F)cc1-c1ccnc2[nH]c(C3=CCN(Cc4nn[nH]n4)CC3)cc12. The maximum Gasteiger partial charge on any atom is 0.188 e. The Hall–Kier alpha value is -3.59. The Labute approximate surface area is 171 Å². The molecule has 0 amide bonds. The summed E-state index contributed by atoms with van der Waals surface area (Å²) in [4.78, 5) is 10.1. The number of hydrogen-bond donors (Lipinski definition) is 2. The van der Waals surface area contributed by atoms with Gasteiger partial charge in [0.05, 0.1) is 13.7 Å². The van der Waals surface area contributed by atoms with Gasteiger partial charge in [-0.2, -0.15) is 5.21 Å². The molecular formula is C21H20FN7O. The summed E-state index contributed by atoms with van der Waals surface area (Å²) in [6.07, 6.45) is 4.82. The van der Waals surface area contributed by atoms with Crippen molar-refractivity contribution in [3.05, 3.63) is 59.9 Å². The van der Waals surface area contributed by atoms with Gasteiger partial charge in [0.15, 0.2) is 5.82 Å². The number of fused-ring (bicyclic) bond motifs is 1. The van der Waals surface area contributed by atoms with Crippen LogP contribution in [0, 0.1) is 5.82 Å². The number of aromatic nitrogens is 6. The fourth-order valence-corrected chi connectivity index (χ4v) is 3.87. The van der Waals surface area contributed by atoms with Crippen LogP contribution in [-0.4, -0.2) is 55.7 Å². The Balaban J connectivity index is 1.46. The van der Waals surface area contributed by atoms with Crippen LogP contribution in [0.25, 0.3) is 27.7 Å². The average Bonchev–Trinajstić information content (AvgIpc) is 3.44. The normalized spacial score (nSPS) is 14.8. The van der Waals surface area contributed by atoms with Crippen LogP contribution in [-0.2, 0) is 6.54 Å². The summed E-state index contributed by atoms with van der Waals surface area (Å²) in [6.45, 7) is 2.36. The molecule has 4 aromatic rings. The van der Waals surface area contributed by atoms with Crippen LogP contribution < -0.4 is 4.74 Å². The Morgan fingerprint density at radius 1 is 1.20 bits per heavy atom. The van der Waals surface area contributed by atoms with Gasteiger partial charge in [-0.15, -0.1) is 10.2 Å². The lowest BCUT2D eigenvalue weighted by Crippen LogP contribution is -2.28. The van der Waals surface area contributed by atoms with Crippen LogP contribution in [0.15, 0.2) is 42.6 Å². The van der Waals surface area contributed by atoms with Crippen LogP contribution in [0.5, 0.6) is 5.75 Å². The monoisotopic (exact) mass is 405 g/mol. The molecule has 5 rings (SSSR count). The number of halogens is 1. The number of benzene rings is 1. The highest BCUT2D eigenvalue weighted by Crippen LogP contribution is 2.36. The predicted molar refractivity (Wildman–Crippen MR) is 110 cm³/mol. The van der Waals surface area contributed by atoms with Gasteiger partial charge >= 0.3 is 0 Å². The van der Waals surface area contributed by atoms with Gasteiger partial charge in [-0.3, -0.25) is 4.90 Å². The molecule has 4 heterocycles. The number of tetrazole rings is 1. The second-order valence-corrected chi connectivity index (χ2v) is 7.19. The van der Waals surface area contributed by atoms with Crippen molar-refractivity contribution >= 4 is 16.6 Å². The maximum absolute atomic E-state index is 13.9. The first-order valence-electron chi connectivity index (χ1n) is 9.67. The Kier molecular flexibility index (Phi) is 4.72. The van der Waals surface area contributed by atoms with Gasteiger partial charge in [0.25, 0.3) is 0 Å². The van der Waals surface area contributed by atoms with Gasteiger partial charge in [0.1, 0.15) is 17.2 Å². The fourth-order valence-electron chi connectivity index (χ4n) is 3.87. The molecule has 1 aromatic carbocycles. The van der Waals surface area contributed by atoms with E-state index in [0.29, 0.717) is 23.7 Å². The topological polar surface area (TPSA) is 95.6 Å². The number of rotatable bonds is 5. The number of ether oxygens (including phenoxy) is 1. The second kappa shape index (κ2) is 7.68. The van der Waals surface area contributed by atoms with E-state index >= 15 is 0 Å². The molecule has 0 saturated carbocycles. The van der Waals surface area contributed by atoms with E-state index in [4.69, 9.17) is 4.74 Å². The number of nitrogens with zero attached hydrogens (tertiary/aromatic N) is 5. The van der Waals surface area contributed by atoms with E-state index in [-0.39, 0.29) is 5.82 Å². The van der Waals surface area contributed by atoms with Crippen molar-refractivity contribution in [3.63, 3.8) is 0 Å². The number of pyridine rings is 1. The summed E-state index contributed by atoms with van der Waals surface area (Å²) in [5, 5.41) is 15.1. The third-order valence-corrected chi connectivity index (χ3v) is 5.38. The molecule has 8 nitrogen and oxygen atoms in total. The highest BCUT2D eigenvalue weighted by molar-refractivity contribution is 5.96. The molecule has 30 heavy (non-hydrogen) atoms. The first kappa shape index (κ1) is 18.4. The van der Waals surface area contributed by atoms with Crippen LogP contribution in [0.1, 0.15) is 17.9 Å². The van der Waals surface area contributed by atoms with Crippen LogP contribution in [0.2, 0.25) is 0 Å². The molecule has 9 heteroatoms. The van der Waals surface area contributed by atoms with Crippen LogP contribution in [0.3, 0.4) is 0 Å². The van der Waals surface area contributed by atoms with E-state index < -0.39 is 0 Å². The quantitative estimate of drug-likeness (QED) is 0.530. The Morgan fingerprint density at radius 2 is 2.13 bits per heavy atom. The van der Waals surface area contributed by atoms with E-state index in [1.807, 2.05) is 6.07 Å². The fraction of sp³-hybridized carbons (Fsp3) is 0.238. The largest absolute Gasteiger partial charge is 0.496 e. The summed E-state index contributed by atoms with van der Waals surface area (Å²) in [6, 6.07) is 8.51. The van der Waals surface area contributed by atoms with Gasteiger partial charge in [0, 0.05) is 35.9 Å². The zero-order valence-corrected chi connectivity index (χ0v) is 16.4. The molecule has 0 unspecified atom stereocenters. The van der Waals surface area contributed by atoms with Crippen LogP contribution in [0.4, 0.5) is 4.39 Å². The highest BCUT2D eigenvalue weighted by atomic mass is 19.1. The standard InChI is InChI=1S/C21H20FN7O/c1-30-19-3-2-14(22)10-16(19)15-4-7-23-21-17(15)11-18(24-21)13-5-8-29(9-6-13)12-20-25-27-28-26-20/h2-5,7,10-11H,6,8-9,12H2,1H3,(H,23,24)(H,25,26,27,28). The summed E-state index contributed by atoms with van der Waals surface area (Å²) < 4.78 is 19.4. The summed E-state index contributed by atoms with van der Waals surface area (Å²) in [7, 11) is 1.59. The third kappa shape index (κ3) is 3.43. The molecule has 3 aromatic heterocycles. The van der Waals surface area contributed by atoms with Crippen molar-refractivity contribution < 1.29 is 9.13 Å². The van der Waals surface area contributed by atoms with Crippen molar-refractivity contribution in [2.24, 2.45) is 0 Å².